The second-order valence-electron chi connectivity index (χ2n) is 7.98. The molecule has 0 radical (unpaired) electrons. The fourth-order valence-electron chi connectivity index (χ4n) is 2.20. The molecule has 1 aliphatic rings. The third-order valence-electron chi connectivity index (χ3n) is 3.50. The van der Waals surface area contributed by atoms with Gasteiger partial charge in [-0.15, -0.1) is 11.3 Å². The molecule has 0 atom stereocenters. The molecule has 5 heteroatoms. The average molecular weight is 324 g/mol. The summed E-state index contributed by atoms with van der Waals surface area (Å²) in [7, 11) is 0. The van der Waals surface area contributed by atoms with Gasteiger partial charge in [0.15, 0.2) is 0 Å². The van der Waals surface area contributed by atoms with Gasteiger partial charge in [-0.2, -0.15) is 0 Å². The van der Waals surface area contributed by atoms with Crippen molar-refractivity contribution < 1.29 is 9.53 Å². The van der Waals surface area contributed by atoms with Crippen LogP contribution in [-0.4, -0.2) is 35.7 Å². The van der Waals surface area contributed by atoms with Gasteiger partial charge >= 0.3 is 6.09 Å². The molecule has 1 amide bonds. The molecule has 2 rings (SSSR count). The fourth-order valence-corrected chi connectivity index (χ4v) is 3.22. The second kappa shape index (κ2) is 6.20. The highest BCUT2D eigenvalue weighted by atomic mass is 32.1. The van der Waals surface area contributed by atoms with Crippen molar-refractivity contribution in [3.05, 3.63) is 21.9 Å². The van der Waals surface area contributed by atoms with Crippen LogP contribution in [0, 0.1) is 0 Å². The molecule has 0 spiro atoms. The Balaban J connectivity index is 1.72. The maximum absolute atomic E-state index is 11.9. The van der Waals surface area contributed by atoms with Crippen LogP contribution in [0.15, 0.2) is 12.1 Å². The molecule has 0 saturated carbocycles. The molecule has 1 aliphatic heterocycles. The van der Waals surface area contributed by atoms with Crippen LogP contribution < -0.4 is 5.32 Å². The highest BCUT2D eigenvalue weighted by Gasteiger charge is 2.33. The average Bonchev–Trinajstić information content (AvgIpc) is 2.72. The van der Waals surface area contributed by atoms with Crippen LogP contribution in [-0.2, 0) is 16.7 Å². The molecule has 0 bridgehead atoms. The number of ether oxygens (including phenoxy) is 1. The van der Waals surface area contributed by atoms with Crippen LogP contribution in [0.3, 0.4) is 0 Å². The first-order valence-electron chi connectivity index (χ1n) is 7.85. The molecule has 0 aromatic carbocycles. The van der Waals surface area contributed by atoms with E-state index in [1.807, 2.05) is 32.1 Å². The second-order valence-corrected chi connectivity index (χ2v) is 9.15. The minimum absolute atomic E-state index is 0.211. The van der Waals surface area contributed by atoms with Crippen LogP contribution in [0.2, 0.25) is 0 Å². The first kappa shape index (κ1) is 17.3. The van der Waals surface area contributed by atoms with Gasteiger partial charge in [-0.25, -0.2) is 4.79 Å². The summed E-state index contributed by atoms with van der Waals surface area (Å²) in [6.45, 7) is 14.7. The minimum Gasteiger partial charge on any atom is -0.444 e. The number of nitrogens with one attached hydrogen (secondary N) is 1. The van der Waals surface area contributed by atoms with Crippen molar-refractivity contribution in [2.24, 2.45) is 0 Å². The summed E-state index contributed by atoms with van der Waals surface area (Å²) in [5.74, 6) is 0. The zero-order valence-electron chi connectivity index (χ0n) is 14.5. The lowest BCUT2D eigenvalue weighted by Gasteiger charge is -2.40. The Labute approximate surface area is 137 Å². The summed E-state index contributed by atoms with van der Waals surface area (Å²) in [5.41, 5.74) is -0.206. The van der Waals surface area contributed by atoms with Crippen molar-refractivity contribution in [1.82, 2.24) is 10.2 Å². The lowest BCUT2D eigenvalue weighted by molar-refractivity contribution is 0.00521. The van der Waals surface area contributed by atoms with Gasteiger partial charge < -0.3 is 15.0 Å². The Morgan fingerprint density at radius 3 is 2.41 bits per heavy atom. The Hall–Kier alpha value is -1.07. The van der Waals surface area contributed by atoms with Gasteiger partial charge in [-0.3, -0.25) is 0 Å². The lowest BCUT2D eigenvalue weighted by atomic mass is 9.95. The topological polar surface area (TPSA) is 41.6 Å². The van der Waals surface area contributed by atoms with Gasteiger partial charge in [0.25, 0.3) is 0 Å². The number of hydrogen-bond acceptors (Lipinski definition) is 4. The highest BCUT2D eigenvalue weighted by molar-refractivity contribution is 7.12. The Bertz CT molecular complexity index is 519. The molecule has 4 nitrogen and oxygen atoms in total. The van der Waals surface area contributed by atoms with E-state index in [1.165, 1.54) is 9.75 Å². The predicted octanol–water partition coefficient (Wildman–Crippen LogP) is 3.75. The molecular formula is C17H28N2O2S. The number of carbonyl (C=O) groups excluding carboxylic acids is 1. The van der Waals surface area contributed by atoms with E-state index in [0.29, 0.717) is 6.04 Å². The van der Waals surface area contributed by atoms with E-state index in [4.69, 9.17) is 4.74 Å². The summed E-state index contributed by atoms with van der Waals surface area (Å²) in [6, 6.07) is 4.78. The van der Waals surface area contributed by atoms with Crippen LogP contribution in [0.4, 0.5) is 4.79 Å². The van der Waals surface area contributed by atoms with Gasteiger partial charge in [0, 0.05) is 35.4 Å². The molecule has 0 aliphatic carbocycles. The lowest BCUT2D eigenvalue weighted by Crippen LogP contribution is -2.60. The molecule has 1 aromatic rings. The van der Waals surface area contributed by atoms with Gasteiger partial charge in [0.05, 0.1) is 0 Å². The smallest absolute Gasteiger partial charge is 0.410 e. The van der Waals surface area contributed by atoms with Crippen molar-refractivity contribution in [1.29, 1.82) is 0 Å². The predicted molar refractivity (Wildman–Crippen MR) is 91.5 cm³/mol. The van der Waals surface area contributed by atoms with Crippen molar-refractivity contribution in [3.63, 3.8) is 0 Å². The largest absolute Gasteiger partial charge is 0.444 e. The van der Waals surface area contributed by atoms with Crippen molar-refractivity contribution in [2.75, 3.05) is 13.1 Å². The van der Waals surface area contributed by atoms with Crippen molar-refractivity contribution in [2.45, 2.75) is 65.1 Å². The normalized spacial score (nSPS) is 16.5. The van der Waals surface area contributed by atoms with Crippen LogP contribution in [0.5, 0.6) is 0 Å². The summed E-state index contributed by atoms with van der Waals surface area (Å²) in [5, 5.41) is 3.51. The van der Waals surface area contributed by atoms with E-state index in [9.17, 15) is 4.79 Å². The number of likely N-dealkylation sites (tertiary alicyclic amines) is 1. The van der Waals surface area contributed by atoms with Crippen molar-refractivity contribution >= 4 is 17.4 Å². The van der Waals surface area contributed by atoms with Crippen LogP contribution in [0.25, 0.3) is 0 Å². The molecule has 1 saturated heterocycles. The molecule has 1 aromatic heterocycles. The SMILES string of the molecule is CC(C)(C)OC(=O)N1CC(NCc2ccc(C(C)(C)C)s2)C1. The maximum atomic E-state index is 11.9. The van der Waals surface area contributed by atoms with E-state index in [0.717, 1.165) is 19.6 Å². The molecule has 124 valence electrons. The molecule has 1 fully saturated rings. The Morgan fingerprint density at radius 1 is 1.27 bits per heavy atom. The summed E-state index contributed by atoms with van der Waals surface area (Å²) in [4.78, 5) is 16.4. The van der Waals surface area contributed by atoms with Crippen LogP contribution in [0.1, 0.15) is 51.3 Å². The van der Waals surface area contributed by atoms with E-state index < -0.39 is 5.60 Å². The molecule has 22 heavy (non-hydrogen) atoms. The van der Waals surface area contributed by atoms with E-state index in [2.05, 4.69) is 38.2 Å². The molecular weight excluding hydrogens is 296 g/mol. The third-order valence-corrected chi connectivity index (χ3v) is 5.01. The van der Waals surface area contributed by atoms with Gasteiger partial charge in [-0.05, 0) is 38.3 Å². The van der Waals surface area contributed by atoms with Gasteiger partial charge in [0.1, 0.15) is 5.60 Å². The molecule has 2 heterocycles. The third kappa shape index (κ3) is 4.71. The number of carbonyl (C=O) groups is 1. The van der Waals surface area contributed by atoms with E-state index >= 15 is 0 Å². The Morgan fingerprint density at radius 2 is 1.91 bits per heavy atom. The first-order valence-corrected chi connectivity index (χ1v) is 8.67. The van der Waals surface area contributed by atoms with E-state index in [-0.39, 0.29) is 11.5 Å². The number of nitrogens with zero attached hydrogens (tertiary/aromatic N) is 1. The first-order chi connectivity index (χ1) is 10.0. The van der Waals surface area contributed by atoms with Crippen LogP contribution >= 0.6 is 11.3 Å². The fraction of sp³-hybridized carbons (Fsp3) is 0.706. The summed E-state index contributed by atoms with van der Waals surface area (Å²) in [6.07, 6.45) is -0.211. The number of rotatable bonds is 3. The van der Waals surface area contributed by atoms with Crippen molar-refractivity contribution in [3.8, 4) is 0 Å². The molecule has 0 unspecified atom stereocenters. The number of hydrogen-bond donors (Lipinski definition) is 1. The standard InChI is InChI=1S/C17H28N2O2S/c1-16(2,3)14-8-7-13(22-14)9-18-12-10-19(11-12)15(20)21-17(4,5)6/h7-8,12,18H,9-11H2,1-6H3. The zero-order chi connectivity index (χ0) is 16.5. The number of thiophene rings is 1. The van der Waals surface area contributed by atoms with E-state index in [1.54, 1.807) is 4.90 Å². The molecule has 1 N–H and O–H groups in total. The Kier molecular flexibility index (Phi) is 4.87. The summed E-state index contributed by atoms with van der Waals surface area (Å²) < 4.78 is 5.35. The summed E-state index contributed by atoms with van der Waals surface area (Å²) >= 11 is 1.86. The quantitative estimate of drug-likeness (QED) is 0.920. The van der Waals surface area contributed by atoms with Gasteiger partial charge in [0.2, 0.25) is 0 Å². The maximum Gasteiger partial charge on any atom is 0.410 e. The minimum atomic E-state index is -0.421. The monoisotopic (exact) mass is 324 g/mol. The zero-order valence-corrected chi connectivity index (χ0v) is 15.3. The van der Waals surface area contributed by atoms with Gasteiger partial charge in [-0.1, -0.05) is 20.8 Å². The number of amides is 1. The highest BCUT2D eigenvalue weighted by Crippen LogP contribution is 2.29.